The van der Waals surface area contributed by atoms with Crippen molar-refractivity contribution in [1.29, 1.82) is 0 Å². The van der Waals surface area contributed by atoms with Crippen LogP contribution in [0, 0.1) is 0 Å². The maximum Gasteiger partial charge on any atom is 0.111 e. The molecule has 0 atom stereocenters. The maximum absolute atomic E-state index is 5.88. The lowest BCUT2D eigenvalue weighted by atomic mass is 10.3. The molecule has 3 nitrogen and oxygen atoms in total. The molecule has 1 aromatic heterocycles. The van der Waals surface area contributed by atoms with Crippen LogP contribution in [0.5, 0.6) is 0 Å². The molecule has 0 spiro atoms. The smallest absolute Gasteiger partial charge is 0.111 e. The van der Waals surface area contributed by atoms with Gasteiger partial charge in [0.1, 0.15) is 5.82 Å². The van der Waals surface area contributed by atoms with Crippen molar-refractivity contribution in [2.45, 2.75) is 19.4 Å². The molecule has 0 saturated carbocycles. The fourth-order valence-electron chi connectivity index (χ4n) is 2.22. The first-order valence-corrected chi connectivity index (χ1v) is 7.80. The van der Waals surface area contributed by atoms with Crippen molar-refractivity contribution in [3.63, 3.8) is 0 Å². The van der Waals surface area contributed by atoms with Gasteiger partial charge in [-0.2, -0.15) is 0 Å². The Balaban J connectivity index is 2.30. The lowest BCUT2D eigenvalue weighted by Gasteiger charge is -2.12. The lowest BCUT2D eigenvalue weighted by Crippen LogP contribution is -2.16. The van der Waals surface area contributed by atoms with E-state index in [-0.39, 0.29) is 0 Å². The van der Waals surface area contributed by atoms with E-state index in [1.807, 2.05) is 6.07 Å². The number of imidazole rings is 1. The standard InChI is InChI=1S/C14H19BrClN3/c1-18(2)8-3-9-19-13-10-11(15)4-5-12(13)17-14(19)6-7-16/h4-5,10H,3,6-9H2,1-2H3. The van der Waals surface area contributed by atoms with Crippen molar-refractivity contribution in [2.24, 2.45) is 0 Å². The van der Waals surface area contributed by atoms with Crippen LogP contribution in [-0.4, -0.2) is 41.0 Å². The number of rotatable bonds is 6. The summed E-state index contributed by atoms with van der Waals surface area (Å²) in [4.78, 5) is 6.89. The van der Waals surface area contributed by atoms with Gasteiger partial charge in [-0.1, -0.05) is 15.9 Å². The predicted molar refractivity (Wildman–Crippen MR) is 85.0 cm³/mol. The number of fused-ring (bicyclic) bond motifs is 1. The molecule has 0 aliphatic heterocycles. The minimum atomic E-state index is 0.609. The summed E-state index contributed by atoms with van der Waals surface area (Å²) in [5, 5.41) is 0. The molecule has 1 aromatic carbocycles. The molecule has 19 heavy (non-hydrogen) atoms. The van der Waals surface area contributed by atoms with E-state index in [1.165, 1.54) is 5.52 Å². The minimum Gasteiger partial charge on any atom is -0.328 e. The number of halogens is 2. The highest BCUT2D eigenvalue weighted by Gasteiger charge is 2.10. The van der Waals surface area contributed by atoms with E-state index in [2.05, 4.69) is 56.6 Å². The first-order valence-electron chi connectivity index (χ1n) is 6.47. The Hall–Kier alpha value is -0.580. The predicted octanol–water partition coefficient (Wildman–Crippen LogP) is 3.53. The lowest BCUT2D eigenvalue weighted by molar-refractivity contribution is 0.386. The van der Waals surface area contributed by atoms with Crippen LogP contribution in [0.4, 0.5) is 0 Å². The van der Waals surface area contributed by atoms with Crippen LogP contribution in [0.3, 0.4) is 0 Å². The summed E-state index contributed by atoms with van der Waals surface area (Å²) in [5.74, 6) is 1.69. The van der Waals surface area contributed by atoms with Crippen LogP contribution in [0.25, 0.3) is 11.0 Å². The molecule has 2 aromatic rings. The second-order valence-corrected chi connectivity index (χ2v) is 6.20. The van der Waals surface area contributed by atoms with Crippen LogP contribution in [0.1, 0.15) is 12.2 Å². The molecule has 0 bridgehead atoms. The maximum atomic E-state index is 5.88. The van der Waals surface area contributed by atoms with Gasteiger partial charge in [-0.3, -0.25) is 0 Å². The topological polar surface area (TPSA) is 21.1 Å². The summed E-state index contributed by atoms with van der Waals surface area (Å²) in [6, 6.07) is 6.22. The van der Waals surface area contributed by atoms with Crippen LogP contribution < -0.4 is 0 Å². The molecule has 0 aliphatic carbocycles. The van der Waals surface area contributed by atoms with Gasteiger partial charge in [-0.15, -0.1) is 11.6 Å². The third-order valence-electron chi connectivity index (χ3n) is 3.09. The van der Waals surface area contributed by atoms with Gasteiger partial charge in [0.2, 0.25) is 0 Å². The molecule has 0 saturated heterocycles. The third-order valence-corrected chi connectivity index (χ3v) is 3.78. The van der Waals surface area contributed by atoms with Gasteiger partial charge in [-0.25, -0.2) is 4.98 Å². The monoisotopic (exact) mass is 343 g/mol. The number of hydrogen-bond acceptors (Lipinski definition) is 2. The van der Waals surface area contributed by atoms with Gasteiger partial charge in [0, 0.05) is 23.3 Å². The van der Waals surface area contributed by atoms with E-state index in [0.717, 1.165) is 41.7 Å². The molecule has 0 N–H and O–H groups in total. The van der Waals surface area contributed by atoms with E-state index < -0.39 is 0 Å². The number of aromatic nitrogens is 2. The van der Waals surface area contributed by atoms with Crippen molar-refractivity contribution in [1.82, 2.24) is 14.5 Å². The van der Waals surface area contributed by atoms with Gasteiger partial charge in [0.15, 0.2) is 0 Å². The van der Waals surface area contributed by atoms with Gasteiger partial charge in [-0.05, 0) is 45.3 Å². The summed E-state index contributed by atoms with van der Waals surface area (Å²) in [6.07, 6.45) is 1.93. The Morgan fingerprint density at radius 3 is 2.84 bits per heavy atom. The van der Waals surface area contributed by atoms with E-state index in [9.17, 15) is 0 Å². The van der Waals surface area contributed by atoms with Crippen LogP contribution in [0.2, 0.25) is 0 Å². The Morgan fingerprint density at radius 1 is 1.37 bits per heavy atom. The molecule has 0 fully saturated rings. The number of hydrogen-bond donors (Lipinski definition) is 0. The zero-order chi connectivity index (χ0) is 13.8. The van der Waals surface area contributed by atoms with Gasteiger partial charge in [0.25, 0.3) is 0 Å². The highest BCUT2D eigenvalue weighted by atomic mass is 79.9. The molecular weight excluding hydrogens is 326 g/mol. The van der Waals surface area contributed by atoms with Crippen molar-refractivity contribution in [3.05, 3.63) is 28.5 Å². The fourth-order valence-corrected chi connectivity index (χ4v) is 2.73. The third kappa shape index (κ3) is 3.71. The first kappa shape index (κ1) is 14.8. The molecule has 5 heteroatoms. The van der Waals surface area contributed by atoms with E-state index >= 15 is 0 Å². The number of aryl methyl sites for hydroxylation is 2. The Kier molecular flexibility index (Phi) is 5.25. The van der Waals surface area contributed by atoms with E-state index in [0.29, 0.717) is 5.88 Å². The van der Waals surface area contributed by atoms with Crippen LogP contribution >= 0.6 is 27.5 Å². The second-order valence-electron chi connectivity index (χ2n) is 4.91. The Labute approximate surface area is 127 Å². The van der Waals surface area contributed by atoms with Gasteiger partial charge in [0.05, 0.1) is 11.0 Å². The second kappa shape index (κ2) is 6.73. The summed E-state index contributed by atoms with van der Waals surface area (Å²) in [7, 11) is 4.20. The zero-order valence-corrected chi connectivity index (χ0v) is 13.7. The SMILES string of the molecule is CN(C)CCCn1c(CCCl)nc2ccc(Br)cc21. The quantitative estimate of drug-likeness (QED) is 0.748. The Bertz CT molecular complexity index is 551. The summed E-state index contributed by atoms with van der Waals surface area (Å²) >= 11 is 9.41. The molecule has 0 amide bonds. The zero-order valence-electron chi connectivity index (χ0n) is 11.4. The van der Waals surface area contributed by atoms with Crippen molar-refractivity contribution < 1.29 is 0 Å². The summed E-state index contributed by atoms with van der Waals surface area (Å²) in [5.41, 5.74) is 2.24. The fraction of sp³-hybridized carbons (Fsp3) is 0.500. The molecule has 0 unspecified atom stereocenters. The van der Waals surface area contributed by atoms with Crippen LogP contribution in [0.15, 0.2) is 22.7 Å². The average molecular weight is 345 g/mol. The molecule has 2 rings (SSSR count). The van der Waals surface area contributed by atoms with Gasteiger partial charge < -0.3 is 9.47 Å². The number of alkyl halides is 1. The van der Waals surface area contributed by atoms with Crippen LogP contribution in [-0.2, 0) is 13.0 Å². The van der Waals surface area contributed by atoms with Crippen molar-refractivity contribution >= 4 is 38.6 Å². The highest BCUT2D eigenvalue weighted by molar-refractivity contribution is 9.10. The van der Waals surface area contributed by atoms with Crippen molar-refractivity contribution in [3.8, 4) is 0 Å². The van der Waals surface area contributed by atoms with E-state index in [4.69, 9.17) is 11.6 Å². The summed E-state index contributed by atoms with van der Waals surface area (Å²) in [6.45, 7) is 2.06. The molecular formula is C14H19BrClN3. The average Bonchev–Trinajstić information content (AvgIpc) is 2.67. The van der Waals surface area contributed by atoms with Gasteiger partial charge >= 0.3 is 0 Å². The largest absolute Gasteiger partial charge is 0.328 e. The van der Waals surface area contributed by atoms with E-state index in [1.54, 1.807) is 0 Å². The summed E-state index contributed by atoms with van der Waals surface area (Å²) < 4.78 is 3.39. The number of benzene rings is 1. The van der Waals surface area contributed by atoms with Crippen molar-refractivity contribution in [2.75, 3.05) is 26.5 Å². The molecule has 1 heterocycles. The Morgan fingerprint density at radius 2 is 2.16 bits per heavy atom. The minimum absolute atomic E-state index is 0.609. The molecule has 104 valence electrons. The molecule has 0 radical (unpaired) electrons. The molecule has 0 aliphatic rings. The first-order chi connectivity index (χ1) is 9.11. The highest BCUT2D eigenvalue weighted by Crippen LogP contribution is 2.22. The number of nitrogens with zero attached hydrogens (tertiary/aromatic N) is 3. The normalized spacial score (nSPS) is 11.6.